The van der Waals surface area contributed by atoms with Gasteiger partial charge in [0.25, 0.3) is 0 Å². The molecule has 0 atom stereocenters. The molecule has 0 unspecified atom stereocenters. The summed E-state index contributed by atoms with van der Waals surface area (Å²) in [4.78, 5) is 6.83. The standard InChI is InChI=1S/C23H29N7O/c1-5-30(6-2)18-7-9-19(10-8-18)31-12-11-25-23-20(15-24)16(3)13-21(27-23)26-22-14-17(4)28-29-22/h7-10,13-14H,5-6,11-12H2,1-4H3,(H3,25,26,27,28,29). The summed E-state index contributed by atoms with van der Waals surface area (Å²) in [7, 11) is 0. The fourth-order valence-electron chi connectivity index (χ4n) is 3.30. The molecule has 2 aromatic heterocycles. The third-order valence-corrected chi connectivity index (χ3v) is 4.92. The summed E-state index contributed by atoms with van der Waals surface area (Å²) < 4.78 is 5.84. The van der Waals surface area contributed by atoms with Crippen LogP contribution in [0.2, 0.25) is 0 Å². The number of aromatic amines is 1. The fourth-order valence-corrected chi connectivity index (χ4v) is 3.30. The molecule has 0 bridgehead atoms. The zero-order valence-corrected chi connectivity index (χ0v) is 18.5. The monoisotopic (exact) mass is 419 g/mol. The zero-order chi connectivity index (χ0) is 22.2. The number of aryl methyl sites for hydroxylation is 2. The van der Waals surface area contributed by atoms with Crippen LogP contribution in [0, 0.1) is 25.2 Å². The van der Waals surface area contributed by atoms with E-state index in [-0.39, 0.29) is 0 Å². The smallest absolute Gasteiger partial charge is 0.153 e. The molecule has 1 aromatic carbocycles. The van der Waals surface area contributed by atoms with Gasteiger partial charge >= 0.3 is 0 Å². The Labute approximate surface area is 183 Å². The van der Waals surface area contributed by atoms with E-state index in [1.807, 2.05) is 38.1 Å². The average molecular weight is 420 g/mol. The van der Waals surface area contributed by atoms with E-state index >= 15 is 0 Å². The molecule has 0 amide bonds. The number of aromatic nitrogens is 3. The average Bonchev–Trinajstić information content (AvgIpc) is 3.17. The van der Waals surface area contributed by atoms with Crippen molar-refractivity contribution in [1.82, 2.24) is 15.2 Å². The van der Waals surface area contributed by atoms with Crippen LogP contribution in [0.1, 0.15) is 30.7 Å². The molecule has 0 saturated heterocycles. The molecule has 3 aromatic rings. The normalized spacial score (nSPS) is 10.4. The number of H-pyrrole nitrogens is 1. The van der Waals surface area contributed by atoms with Crippen LogP contribution in [0.4, 0.5) is 23.1 Å². The number of rotatable bonds is 10. The highest BCUT2D eigenvalue weighted by atomic mass is 16.5. The first kappa shape index (κ1) is 22.0. The number of anilines is 4. The molecule has 0 spiro atoms. The van der Waals surface area contributed by atoms with Crippen LogP contribution in [-0.2, 0) is 0 Å². The lowest BCUT2D eigenvalue weighted by molar-refractivity contribution is 0.333. The van der Waals surface area contributed by atoms with E-state index in [1.165, 1.54) is 5.69 Å². The van der Waals surface area contributed by atoms with Crippen molar-refractivity contribution in [3.05, 3.63) is 53.2 Å². The summed E-state index contributed by atoms with van der Waals surface area (Å²) in [6.45, 7) is 11.0. The van der Waals surface area contributed by atoms with E-state index in [2.05, 4.69) is 62.8 Å². The summed E-state index contributed by atoms with van der Waals surface area (Å²) in [5.41, 5.74) is 3.49. The molecule has 0 aliphatic carbocycles. The van der Waals surface area contributed by atoms with Gasteiger partial charge in [0.2, 0.25) is 0 Å². The van der Waals surface area contributed by atoms with Crippen LogP contribution in [0.5, 0.6) is 5.75 Å². The number of benzene rings is 1. The Hall–Kier alpha value is -3.73. The lowest BCUT2D eigenvalue weighted by Crippen LogP contribution is -2.21. The molecular formula is C23H29N7O. The highest BCUT2D eigenvalue weighted by Gasteiger charge is 2.11. The number of nitrogens with zero attached hydrogens (tertiary/aromatic N) is 4. The fraction of sp³-hybridized carbons (Fsp3) is 0.348. The van der Waals surface area contributed by atoms with Gasteiger partial charge in [0, 0.05) is 30.5 Å². The molecule has 0 saturated carbocycles. The minimum absolute atomic E-state index is 0.451. The van der Waals surface area contributed by atoms with Gasteiger partial charge in [-0.3, -0.25) is 5.10 Å². The minimum atomic E-state index is 0.451. The van der Waals surface area contributed by atoms with Gasteiger partial charge in [0.1, 0.15) is 30.1 Å². The van der Waals surface area contributed by atoms with Crippen molar-refractivity contribution in [2.75, 3.05) is 41.8 Å². The maximum atomic E-state index is 9.53. The van der Waals surface area contributed by atoms with Crippen LogP contribution < -0.4 is 20.3 Å². The van der Waals surface area contributed by atoms with Crippen LogP contribution in [-0.4, -0.2) is 41.4 Å². The molecule has 162 valence electrons. The first-order valence-electron chi connectivity index (χ1n) is 10.5. The van der Waals surface area contributed by atoms with Crippen LogP contribution in [0.3, 0.4) is 0 Å². The lowest BCUT2D eigenvalue weighted by Gasteiger charge is -2.21. The van der Waals surface area contributed by atoms with Crippen molar-refractivity contribution in [2.24, 2.45) is 0 Å². The molecule has 8 heteroatoms. The Morgan fingerprint density at radius 1 is 1.10 bits per heavy atom. The number of pyridine rings is 1. The second-order valence-corrected chi connectivity index (χ2v) is 7.16. The van der Waals surface area contributed by atoms with E-state index in [1.54, 1.807) is 0 Å². The van der Waals surface area contributed by atoms with Crippen molar-refractivity contribution >= 4 is 23.1 Å². The molecule has 2 heterocycles. The highest BCUT2D eigenvalue weighted by molar-refractivity contribution is 5.63. The molecular weight excluding hydrogens is 390 g/mol. The molecule has 3 N–H and O–H groups in total. The van der Waals surface area contributed by atoms with Crippen molar-refractivity contribution in [3.63, 3.8) is 0 Å². The topological polar surface area (TPSA) is 102 Å². The summed E-state index contributed by atoms with van der Waals surface area (Å²) in [6.07, 6.45) is 0. The molecule has 8 nitrogen and oxygen atoms in total. The minimum Gasteiger partial charge on any atom is -0.492 e. The maximum absolute atomic E-state index is 9.53. The number of hydrogen-bond donors (Lipinski definition) is 3. The van der Waals surface area contributed by atoms with Crippen molar-refractivity contribution < 1.29 is 4.74 Å². The third-order valence-electron chi connectivity index (χ3n) is 4.92. The third kappa shape index (κ3) is 5.66. The van der Waals surface area contributed by atoms with E-state index in [4.69, 9.17) is 4.74 Å². The Morgan fingerprint density at radius 3 is 2.45 bits per heavy atom. The molecule has 0 aliphatic heterocycles. The summed E-state index contributed by atoms with van der Waals surface area (Å²) in [6, 6.07) is 14.0. The van der Waals surface area contributed by atoms with Crippen LogP contribution in [0.25, 0.3) is 0 Å². The number of hydrogen-bond acceptors (Lipinski definition) is 7. The summed E-state index contributed by atoms with van der Waals surface area (Å²) in [5, 5.41) is 23.0. The SMILES string of the molecule is CCN(CC)c1ccc(OCCNc2nc(Nc3cc(C)[nH]n3)cc(C)c2C#N)cc1. The maximum Gasteiger partial charge on any atom is 0.153 e. The Balaban J connectivity index is 1.59. The van der Waals surface area contributed by atoms with E-state index in [9.17, 15) is 5.26 Å². The second kappa shape index (κ2) is 10.3. The van der Waals surface area contributed by atoms with Gasteiger partial charge < -0.3 is 20.3 Å². The second-order valence-electron chi connectivity index (χ2n) is 7.16. The summed E-state index contributed by atoms with van der Waals surface area (Å²) in [5.74, 6) is 2.64. The van der Waals surface area contributed by atoms with Gasteiger partial charge in [0.15, 0.2) is 5.82 Å². The van der Waals surface area contributed by atoms with Gasteiger partial charge in [0.05, 0.1) is 12.1 Å². The van der Waals surface area contributed by atoms with Gasteiger partial charge in [-0.15, -0.1) is 0 Å². The predicted octanol–water partition coefficient (Wildman–Crippen LogP) is 4.37. The van der Waals surface area contributed by atoms with E-state index in [0.717, 1.165) is 30.1 Å². The van der Waals surface area contributed by atoms with E-state index in [0.29, 0.717) is 36.2 Å². The van der Waals surface area contributed by atoms with Crippen molar-refractivity contribution in [2.45, 2.75) is 27.7 Å². The van der Waals surface area contributed by atoms with Gasteiger partial charge in [-0.1, -0.05) is 0 Å². The Kier molecular flexibility index (Phi) is 7.33. The molecule has 0 fully saturated rings. The van der Waals surface area contributed by atoms with Crippen molar-refractivity contribution in [3.8, 4) is 11.8 Å². The quantitative estimate of drug-likeness (QED) is 0.419. The predicted molar refractivity (Wildman–Crippen MR) is 124 cm³/mol. The Morgan fingerprint density at radius 2 is 1.84 bits per heavy atom. The van der Waals surface area contributed by atoms with Gasteiger partial charge in [-0.2, -0.15) is 10.4 Å². The van der Waals surface area contributed by atoms with Crippen LogP contribution >= 0.6 is 0 Å². The number of nitriles is 1. The zero-order valence-electron chi connectivity index (χ0n) is 18.5. The van der Waals surface area contributed by atoms with Gasteiger partial charge in [-0.05, 0) is 63.6 Å². The lowest BCUT2D eigenvalue weighted by atomic mass is 10.1. The largest absolute Gasteiger partial charge is 0.492 e. The first-order chi connectivity index (χ1) is 15.0. The molecule has 31 heavy (non-hydrogen) atoms. The highest BCUT2D eigenvalue weighted by Crippen LogP contribution is 2.23. The number of ether oxygens (including phenoxy) is 1. The van der Waals surface area contributed by atoms with E-state index < -0.39 is 0 Å². The number of nitrogens with one attached hydrogen (secondary N) is 3. The van der Waals surface area contributed by atoms with Crippen LogP contribution in [0.15, 0.2) is 36.4 Å². The van der Waals surface area contributed by atoms with Crippen molar-refractivity contribution in [1.29, 1.82) is 5.26 Å². The van der Waals surface area contributed by atoms with Gasteiger partial charge in [-0.25, -0.2) is 4.98 Å². The molecule has 3 rings (SSSR count). The molecule has 0 aliphatic rings. The summed E-state index contributed by atoms with van der Waals surface area (Å²) >= 11 is 0. The Bertz CT molecular complexity index is 1030. The first-order valence-corrected chi connectivity index (χ1v) is 10.5. The molecule has 0 radical (unpaired) electrons.